The third-order valence-electron chi connectivity index (χ3n) is 5.74. The maximum atomic E-state index is 13.4. The third-order valence-corrected chi connectivity index (χ3v) is 6.29. The zero-order valence-corrected chi connectivity index (χ0v) is 20.8. The summed E-state index contributed by atoms with van der Waals surface area (Å²) < 4.78 is 29.9. The van der Waals surface area contributed by atoms with Crippen LogP contribution in [0.4, 0.5) is 4.39 Å². The molecule has 2 aromatic carbocycles. The number of nitrogens with one attached hydrogen (secondary N) is 3. The first-order chi connectivity index (χ1) is 17.3. The standard InChI is InChI=1S/C25H26Cl2FN3O5/c1-14(6-7-29-24(32)13-35-17-3-4-19(27)20(28)9-17)30-25(33)23-10-21(31-16-11-34-12-16)18-8-15(26)2-5-22(18)36-23/h2-5,8-9,16,21,23,31H,1,6-7,10-13H2,(H,29,32)(H,30,33). The fourth-order valence-electron chi connectivity index (χ4n) is 3.81. The smallest absolute Gasteiger partial charge is 0.265 e. The monoisotopic (exact) mass is 537 g/mol. The van der Waals surface area contributed by atoms with E-state index in [-0.39, 0.29) is 41.9 Å². The van der Waals surface area contributed by atoms with Crippen LogP contribution in [-0.4, -0.2) is 50.3 Å². The van der Waals surface area contributed by atoms with Crippen LogP contribution in [0.25, 0.3) is 0 Å². The highest BCUT2D eigenvalue weighted by Gasteiger charge is 2.35. The van der Waals surface area contributed by atoms with Crippen LogP contribution in [0.2, 0.25) is 10.0 Å². The van der Waals surface area contributed by atoms with Gasteiger partial charge >= 0.3 is 0 Å². The minimum absolute atomic E-state index is 0.0284. The maximum Gasteiger partial charge on any atom is 0.265 e. The number of rotatable bonds is 10. The van der Waals surface area contributed by atoms with Gasteiger partial charge in [-0.05, 0) is 30.3 Å². The summed E-state index contributed by atoms with van der Waals surface area (Å²) in [7, 11) is 0. The summed E-state index contributed by atoms with van der Waals surface area (Å²) in [6, 6.07) is 9.34. The Morgan fingerprint density at radius 1 is 1.17 bits per heavy atom. The Hall–Kier alpha value is -2.85. The quantitative estimate of drug-likeness (QED) is 0.429. The third kappa shape index (κ3) is 6.88. The van der Waals surface area contributed by atoms with E-state index in [0.717, 1.165) is 11.6 Å². The molecule has 4 rings (SSSR count). The van der Waals surface area contributed by atoms with Crippen LogP contribution < -0.4 is 25.4 Å². The van der Waals surface area contributed by atoms with E-state index in [0.29, 0.717) is 42.5 Å². The Labute approximate surface area is 218 Å². The van der Waals surface area contributed by atoms with E-state index in [9.17, 15) is 14.0 Å². The molecule has 1 saturated heterocycles. The number of hydrogen-bond donors (Lipinski definition) is 3. The molecule has 2 aliphatic rings. The normalized spacial score (nSPS) is 18.9. The van der Waals surface area contributed by atoms with Crippen molar-refractivity contribution in [1.29, 1.82) is 0 Å². The molecule has 3 N–H and O–H groups in total. The highest BCUT2D eigenvalue weighted by Crippen LogP contribution is 2.37. The van der Waals surface area contributed by atoms with Gasteiger partial charge in [0.15, 0.2) is 12.7 Å². The second-order valence-electron chi connectivity index (χ2n) is 8.54. The van der Waals surface area contributed by atoms with Gasteiger partial charge in [0.1, 0.15) is 17.3 Å². The van der Waals surface area contributed by atoms with Crippen LogP contribution >= 0.6 is 23.2 Å². The van der Waals surface area contributed by atoms with Crippen molar-refractivity contribution in [2.24, 2.45) is 0 Å². The van der Waals surface area contributed by atoms with Gasteiger partial charge in [-0.2, -0.15) is 0 Å². The average molecular weight is 538 g/mol. The minimum atomic E-state index is -0.725. The molecule has 0 spiro atoms. The highest BCUT2D eigenvalue weighted by molar-refractivity contribution is 6.31. The number of ether oxygens (including phenoxy) is 3. The Morgan fingerprint density at radius 3 is 2.69 bits per heavy atom. The summed E-state index contributed by atoms with van der Waals surface area (Å²) in [6.07, 6.45) is 0.00624. The largest absolute Gasteiger partial charge is 0.484 e. The van der Waals surface area contributed by atoms with Gasteiger partial charge in [-0.25, -0.2) is 4.39 Å². The Bertz CT molecular complexity index is 1140. The number of halogens is 3. The topological polar surface area (TPSA) is 97.9 Å². The number of amides is 2. The molecule has 0 aromatic heterocycles. The van der Waals surface area contributed by atoms with Gasteiger partial charge in [-0.15, -0.1) is 0 Å². The molecule has 2 unspecified atom stereocenters. The molecule has 2 atom stereocenters. The van der Waals surface area contributed by atoms with E-state index >= 15 is 0 Å². The molecule has 2 amide bonds. The molecule has 1 fully saturated rings. The fourth-order valence-corrected chi connectivity index (χ4v) is 4.11. The summed E-state index contributed by atoms with van der Waals surface area (Å²) >= 11 is 11.8. The molecule has 0 aliphatic carbocycles. The van der Waals surface area contributed by atoms with E-state index in [1.165, 1.54) is 12.1 Å². The SMILES string of the molecule is C=C(CCNC(=O)COc1ccc(Cl)c(F)c1)NC(=O)C1CC(NC2COC2)c2cc(Cl)ccc2O1. The van der Waals surface area contributed by atoms with Gasteiger partial charge in [0, 0.05) is 47.8 Å². The second-order valence-corrected chi connectivity index (χ2v) is 9.38. The van der Waals surface area contributed by atoms with Crippen LogP contribution in [0.5, 0.6) is 11.5 Å². The van der Waals surface area contributed by atoms with Gasteiger partial charge in [0.05, 0.1) is 24.3 Å². The van der Waals surface area contributed by atoms with Crippen molar-refractivity contribution in [3.8, 4) is 11.5 Å². The van der Waals surface area contributed by atoms with Crippen LogP contribution in [-0.2, 0) is 14.3 Å². The molecule has 36 heavy (non-hydrogen) atoms. The van der Waals surface area contributed by atoms with E-state index < -0.39 is 17.8 Å². The first-order valence-electron chi connectivity index (χ1n) is 11.4. The molecule has 2 aliphatic heterocycles. The second kappa shape index (κ2) is 11.9. The molecule has 2 aromatic rings. The zero-order chi connectivity index (χ0) is 25.7. The lowest BCUT2D eigenvalue weighted by molar-refractivity contribution is -0.128. The molecule has 8 nitrogen and oxygen atoms in total. The summed E-state index contributed by atoms with van der Waals surface area (Å²) in [6.45, 7) is 5.05. The number of fused-ring (bicyclic) bond motifs is 1. The summed E-state index contributed by atoms with van der Waals surface area (Å²) in [5, 5.41) is 9.49. The number of benzene rings is 2. The Morgan fingerprint density at radius 2 is 1.97 bits per heavy atom. The first-order valence-corrected chi connectivity index (χ1v) is 12.2. The predicted molar refractivity (Wildman–Crippen MR) is 133 cm³/mol. The van der Waals surface area contributed by atoms with Crippen molar-refractivity contribution in [3.63, 3.8) is 0 Å². The van der Waals surface area contributed by atoms with Gasteiger partial charge in [-0.3, -0.25) is 9.59 Å². The number of carbonyl (C=O) groups excluding carboxylic acids is 2. The lowest BCUT2D eigenvalue weighted by Gasteiger charge is -2.37. The van der Waals surface area contributed by atoms with Crippen molar-refractivity contribution in [2.75, 3.05) is 26.4 Å². The Balaban J connectivity index is 1.22. The summed E-state index contributed by atoms with van der Waals surface area (Å²) in [5.74, 6) is -0.560. The van der Waals surface area contributed by atoms with Crippen LogP contribution in [0.3, 0.4) is 0 Å². The van der Waals surface area contributed by atoms with Gasteiger partial charge < -0.3 is 30.2 Å². The fraction of sp³-hybridized carbons (Fsp3) is 0.360. The lowest BCUT2D eigenvalue weighted by Crippen LogP contribution is -2.50. The van der Waals surface area contributed by atoms with E-state index in [1.807, 2.05) is 6.07 Å². The van der Waals surface area contributed by atoms with Crippen LogP contribution in [0.15, 0.2) is 48.7 Å². The van der Waals surface area contributed by atoms with E-state index in [4.69, 9.17) is 37.4 Å². The molecular weight excluding hydrogens is 512 g/mol. The van der Waals surface area contributed by atoms with Crippen molar-refractivity contribution < 1.29 is 28.2 Å². The van der Waals surface area contributed by atoms with E-state index in [1.54, 1.807) is 12.1 Å². The van der Waals surface area contributed by atoms with Crippen LogP contribution in [0, 0.1) is 5.82 Å². The molecule has 2 heterocycles. The zero-order valence-electron chi connectivity index (χ0n) is 19.3. The van der Waals surface area contributed by atoms with Crippen molar-refractivity contribution in [3.05, 3.63) is 70.1 Å². The molecule has 11 heteroatoms. The van der Waals surface area contributed by atoms with Crippen molar-refractivity contribution >= 4 is 35.0 Å². The maximum absolute atomic E-state index is 13.4. The average Bonchev–Trinajstić information content (AvgIpc) is 2.82. The van der Waals surface area contributed by atoms with Crippen LogP contribution in [0.1, 0.15) is 24.4 Å². The van der Waals surface area contributed by atoms with Gasteiger partial charge in [-0.1, -0.05) is 29.8 Å². The number of hydrogen-bond acceptors (Lipinski definition) is 6. The van der Waals surface area contributed by atoms with Crippen molar-refractivity contribution in [1.82, 2.24) is 16.0 Å². The Kier molecular flexibility index (Phi) is 8.68. The summed E-state index contributed by atoms with van der Waals surface area (Å²) in [4.78, 5) is 24.9. The highest BCUT2D eigenvalue weighted by atomic mass is 35.5. The molecular formula is C25H26Cl2FN3O5. The minimum Gasteiger partial charge on any atom is -0.484 e. The lowest BCUT2D eigenvalue weighted by atomic mass is 9.95. The van der Waals surface area contributed by atoms with Gasteiger partial charge in [0.2, 0.25) is 0 Å². The molecule has 0 saturated carbocycles. The summed E-state index contributed by atoms with van der Waals surface area (Å²) in [5.41, 5.74) is 1.34. The van der Waals surface area contributed by atoms with E-state index in [2.05, 4.69) is 22.5 Å². The number of carbonyl (C=O) groups is 2. The van der Waals surface area contributed by atoms with Gasteiger partial charge in [0.25, 0.3) is 11.8 Å². The molecule has 0 bridgehead atoms. The molecule has 0 radical (unpaired) electrons. The van der Waals surface area contributed by atoms with Crippen molar-refractivity contribution in [2.45, 2.75) is 31.0 Å². The first kappa shape index (κ1) is 26.2. The molecule has 192 valence electrons. The predicted octanol–water partition coefficient (Wildman–Crippen LogP) is 3.53.